The number of aryl methyl sites for hydroxylation is 2. The van der Waals surface area contributed by atoms with Crippen LogP contribution in [-0.2, 0) is 10.8 Å². The van der Waals surface area contributed by atoms with Crippen LogP contribution < -0.4 is 11.1 Å². The van der Waals surface area contributed by atoms with E-state index in [1.807, 2.05) is 0 Å². The maximum atomic E-state index is 13.4. The van der Waals surface area contributed by atoms with Crippen LogP contribution >= 0.6 is 0 Å². The molecular formula is C23H21F2N5O5. The molecule has 0 aliphatic heterocycles. The second kappa shape index (κ2) is 8.67. The van der Waals surface area contributed by atoms with Crippen molar-refractivity contribution in [1.82, 2.24) is 14.4 Å². The summed E-state index contributed by atoms with van der Waals surface area (Å²) in [4.78, 5) is 20.8. The molecule has 2 heterocycles. The molecule has 2 aromatic carbocycles. The molecule has 0 saturated heterocycles. The number of nitrogens with zero attached hydrogens (tertiary/aromatic N) is 3. The number of nitrogens with one attached hydrogen (secondary N) is 1. The van der Waals surface area contributed by atoms with E-state index in [4.69, 9.17) is 5.73 Å². The molecule has 10 nitrogen and oxygen atoms in total. The number of amides is 1. The van der Waals surface area contributed by atoms with E-state index in [1.54, 1.807) is 26.0 Å². The van der Waals surface area contributed by atoms with E-state index in [9.17, 15) is 34.0 Å². The number of imidazole rings is 1. The Morgan fingerprint density at radius 1 is 1.09 bits per heavy atom. The van der Waals surface area contributed by atoms with Crippen molar-refractivity contribution < 1.29 is 34.0 Å². The molecule has 4 aromatic rings. The maximum absolute atomic E-state index is 13.4. The summed E-state index contributed by atoms with van der Waals surface area (Å²) < 4.78 is 28.1. The van der Waals surface area contributed by atoms with Gasteiger partial charge in [0.2, 0.25) is 5.82 Å². The normalized spacial score (nSPS) is 12.7. The van der Waals surface area contributed by atoms with Gasteiger partial charge in [0, 0.05) is 23.5 Å². The van der Waals surface area contributed by atoms with E-state index in [-0.39, 0.29) is 28.3 Å². The van der Waals surface area contributed by atoms with Gasteiger partial charge in [-0.2, -0.15) is 0 Å². The van der Waals surface area contributed by atoms with E-state index >= 15 is 0 Å². The molecule has 12 heteroatoms. The number of halogens is 2. The van der Waals surface area contributed by atoms with Crippen LogP contribution in [0.5, 0.6) is 0 Å². The quantitative estimate of drug-likeness (QED) is 0.232. The number of carbonyl (C=O) groups is 1. The molecule has 0 fully saturated rings. The van der Waals surface area contributed by atoms with Crippen LogP contribution in [0.4, 0.5) is 20.3 Å². The number of hydrogen-bond donors (Lipinski definition) is 6. The molecular weight excluding hydrogens is 464 g/mol. The van der Waals surface area contributed by atoms with Crippen LogP contribution in [0.2, 0.25) is 0 Å². The van der Waals surface area contributed by atoms with Gasteiger partial charge in [0.15, 0.2) is 6.10 Å². The van der Waals surface area contributed by atoms with Gasteiger partial charge in [0.05, 0.1) is 5.69 Å². The highest BCUT2D eigenvalue weighted by Crippen LogP contribution is 2.34. The summed E-state index contributed by atoms with van der Waals surface area (Å²) in [5.74, 6) is -6.49. The van der Waals surface area contributed by atoms with Gasteiger partial charge in [-0.25, -0.2) is 18.7 Å². The highest BCUT2D eigenvalue weighted by Gasteiger charge is 2.31. The van der Waals surface area contributed by atoms with Crippen LogP contribution in [0.1, 0.15) is 28.7 Å². The fourth-order valence-electron chi connectivity index (χ4n) is 3.79. The second-order valence-corrected chi connectivity index (χ2v) is 8.03. The Kier molecular flexibility index (Phi) is 5.99. The lowest BCUT2D eigenvalue weighted by molar-refractivity contribution is -0.329. The number of nitrogens with two attached hydrogens (primary N) is 1. The second-order valence-electron chi connectivity index (χ2n) is 8.03. The van der Waals surface area contributed by atoms with E-state index in [0.717, 1.165) is 12.1 Å². The van der Waals surface area contributed by atoms with Gasteiger partial charge >= 0.3 is 5.97 Å². The maximum Gasteiger partial charge on any atom is 0.339 e. The average Bonchev–Trinajstić information content (AvgIpc) is 3.12. The van der Waals surface area contributed by atoms with E-state index in [1.165, 1.54) is 16.7 Å². The van der Waals surface area contributed by atoms with Gasteiger partial charge in [0.1, 0.15) is 28.7 Å². The highest BCUT2D eigenvalue weighted by atomic mass is 19.1. The predicted molar refractivity (Wildman–Crippen MR) is 121 cm³/mol. The van der Waals surface area contributed by atoms with Crippen molar-refractivity contribution in [3.8, 4) is 11.3 Å². The Labute approximate surface area is 196 Å². The molecule has 182 valence electrons. The summed E-state index contributed by atoms with van der Waals surface area (Å²) in [5, 5.41) is 42.0. The fraction of sp³-hybridized carbons (Fsp3) is 0.174. The van der Waals surface area contributed by atoms with Gasteiger partial charge in [-0.3, -0.25) is 9.20 Å². The number of rotatable bonds is 5. The standard InChI is InChI=1S/C23H21F2N5O5/c1-10-5-15(28-21(32)19(31)12-6-13(24)8-14(25)7-12)3-4-16(10)17-18-20(26)27-11(2)9-30(18)22(29-17)23(33,34)35/h3-9,19,31,33-35H,1-2H3,(H2,26,27)(H,28,32). The number of carbonyl (C=O) groups excluding carboxylic acids is 1. The minimum atomic E-state index is -3.25. The van der Waals surface area contributed by atoms with Crippen molar-refractivity contribution in [1.29, 1.82) is 0 Å². The molecule has 35 heavy (non-hydrogen) atoms. The molecule has 0 spiro atoms. The Balaban J connectivity index is 1.69. The molecule has 4 rings (SSSR count). The summed E-state index contributed by atoms with van der Waals surface area (Å²) in [6.07, 6.45) is -0.393. The number of benzene rings is 2. The lowest BCUT2D eigenvalue weighted by Crippen LogP contribution is -2.27. The molecule has 1 amide bonds. The number of aromatic nitrogens is 3. The minimum absolute atomic E-state index is 0.0326. The first-order chi connectivity index (χ1) is 16.3. The van der Waals surface area contributed by atoms with Gasteiger partial charge in [-0.15, -0.1) is 0 Å². The van der Waals surface area contributed by atoms with Crippen LogP contribution in [0, 0.1) is 25.5 Å². The third-order valence-electron chi connectivity index (χ3n) is 5.26. The molecule has 2 aromatic heterocycles. The van der Waals surface area contributed by atoms with Crippen molar-refractivity contribution in [2.45, 2.75) is 25.9 Å². The first kappa shape index (κ1) is 24.2. The first-order valence-corrected chi connectivity index (χ1v) is 10.2. The zero-order valence-electron chi connectivity index (χ0n) is 18.5. The van der Waals surface area contributed by atoms with Crippen LogP contribution in [0.15, 0.2) is 42.6 Å². The molecule has 0 saturated carbocycles. The summed E-state index contributed by atoms with van der Waals surface area (Å²) in [7, 11) is 0. The van der Waals surface area contributed by atoms with E-state index in [0.29, 0.717) is 22.9 Å². The Bertz CT molecular complexity index is 1440. The molecule has 1 atom stereocenters. The van der Waals surface area contributed by atoms with Crippen molar-refractivity contribution in [3.05, 3.63) is 76.9 Å². The predicted octanol–water partition coefficient (Wildman–Crippen LogP) is 1.63. The monoisotopic (exact) mass is 485 g/mol. The zero-order valence-corrected chi connectivity index (χ0v) is 18.5. The van der Waals surface area contributed by atoms with Crippen molar-refractivity contribution in [3.63, 3.8) is 0 Å². The molecule has 1 unspecified atom stereocenters. The number of fused-ring (bicyclic) bond motifs is 1. The van der Waals surface area contributed by atoms with Crippen LogP contribution in [0.25, 0.3) is 16.8 Å². The summed E-state index contributed by atoms with van der Waals surface area (Å²) in [6, 6.07) is 6.90. The number of aliphatic hydroxyl groups excluding tert-OH is 1. The SMILES string of the molecule is Cc1cn2c(C(O)(O)O)nc(-c3ccc(NC(=O)C(O)c4cc(F)cc(F)c4)cc3C)c2c(N)n1. The third kappa shape index (κ3) is 4.68. The Morgan fingerprint density at radius 2 is 1.74 bits per heavy atom. The number of aliphatic hydroxyl groups is 4. The average molecular weight is 485 g/mol. The van der Waals surface area contributed by atoms with Gasteiger partial charge in [-0.1, -0.05) is 6.07 Å². The minimum Gasteiger partial charge on any atom is -0.382 e. The summed E-state index contributed by atoms with van der Waals surface area (Å²) >= 11 is 0. The molecule has 0 bridgehead atoms. The smallest absolute Gasteiger partial charge is 0.339 e. The molecule has 0 radical (unpaired) electrons. The molecule has 7 N–H and O–H groups in total. The van der Waals surface area contributed by atoms with Gasteiger partial charge < -0.3 is 31.5 Å². The van der Waals surface area contributed by atoms with Crippen LogP contribution in [0.3, 0.4) is 0 Å². The zero-order chi connectivity index (χ0) is 25.7. The van der Waals surface area contributed by atoms with E-state index < -0.39 is 35.4 Å². The van der Waals surface area contributed by atoms with Gasteiger partial charge in [-0.05, 0) is 49.2 Å². The Morgan fingerprint density at radius 3 is 2.34 bits per heavy atom. The summed E-state index contributed by atoms with van der Waals surface area (Å²) in [6.45, 7) is 3.30. The number of anilines is 2. The van der Waals surface area contributed by atoms with Gasteiger partial charge in [0.25, 0.3) is 5.91 Å². The largest absolute Gasteiger partial charge is 0.382 e. The number of hydrogen-bond acceptors (Lipinski definition) is 8. The fourth-order valence-corrected chi connectivity index (χ4v) is 3.79. The van der Waals surface area contributed by atoms with Crippen molar-refractivity contribution in [2.24, 2.45) is 0 Å². The van der Waals surface area contributed by atoms with E-state index in [2.05, 4.69) is 15.3 Å². The third-order valence-corrected chi connectivity index (χ3v) is 5.26. The number of nitrogen functional groups attached to an aromatic ring is 1. The summed E-state index contributed by atoms with van der Waals surface area (Å²) in [5.41, 5.74) is 7.95. The molecule has 0 aliphatic carbocycles. The lowest BCUT2D eigenvalue weighted by atomic mass is 10.0. The van der Waals surface area contributed by atoms with Crippen molar-refractivity contribution in [2.75, 3.05) is 11.1 Å². The Hall–Kier alpha value is -3.97. The topological polar surface area (TPSA) is 166 Å². The van der Waals surface area contributed by atoms with Crippen LogP contribution in [-0.4, -0.2) is 40.7 Å². The first-order valence-electron chi connectivity index (χ1n) is 10.2. The lowest BCUT2D eigenvalue weighted by Gasteiger charge is -2.13. The molecule has 0 aliphatic rings. The highest BCUT2D eigenvalue weighted by molar-refractivity contribution is 5.95. The van der Waals surface area contributed by atoms with Crippen molar-refractivity contribution >= 4 is 22.9 Å².